The van der Waals surface area contributed by atoms with Gasteiger partial charge in [-0.05, 0) is 40.3 Å². The van der Waals surface area contributed by atoms with Gasteiger partial charge >= 0.3 is 0 Å². The Bertz CT molecular complexity index is 471. The molecule has 0 saturated carbocycles. The van der Waals surface area contributed by atoms with Crippen LogP contribution < -0.4 is 5.32 Å². The minimum Gasteiger partial charge on any atom is -0.380 e. The van der Waals surface area contributed by atoms with Gasteiger partial charge < -0.3 is 5.32 Å². The molecule has 0 saturated heterocycles. The third kappa shape index (κ3) is 2.72. The molecule has 0 amide bonds. The molecule has 82 valence electrons. The molecule has 0 aliphatic heterocycles. The smallest absolute Gasteiger partial charge is 0.138 e. The fourth-order valence-corrected chi connectivity index (χ4v) is 1.98. The first kappa shape index (κ1) is 11.4. The standard InChI is InChI=1S/C13H11FIN/c14-11-7-4-8-12(13(11)15)16-9-10-5-2-1-3-6-10/h1-8,16H,9H2. The van der Waals surface area contributed by atoms with Crippen LogP contribution in [0, 0.1) is 9.39 Å². The lowest BCUT2D eigenvalue weighted by atomic mass is 10.2. The van der Waals surface area contributed by atoms with Crippen molar-refractivity contribution in [3.05, 3.63) is 63.5 Å². The van der Waals surface area contributed by atoms with Crippen LogP contribution in [0.5, 0.6) is 0 Å². The van der Waals surface area contributed by atoms with E-state index in [1.165, 1.54) is 11.6 Å². The zero-order valence-corrected chi connectivity index (χ0v) is 10.7. The number of hydrogen-bond donors (Lipinski definition) is 1. The van der Waals surface area contributed by atoms with Crippen LogP contribution in [-0.2, 0) is 6.54 Å². The summed E-state index contributed by atoms with van der Waals surface area (Å²) in [5, 5.41) is 3.22. The first-order valence-electron chi connectivity index (χ1n) is 4.99. The van der Waals surface area contributed by atoms with E-state index < -0.39 is 0 Å². The molecule has 0 aliphatic rings. The van der Waals surface area contributed by atoms with Crippen molar-refractivity contribution in [3.63, 3.8) is 0 Å². The predicted octanol–water partition coefficient (Wildman–Crippen LogP) is 4.04. The molecule has 1 nitrogen and oxygen atoms in total. The molecule has 0 aromatic heterocycles. The van der Waals surface area contributed by atoms with E-state index in [4.69, 9.17) is 0 Å². The number of anilines is 1. The van der Waals surface area contributed by atoms with Crippen LogP contribution in [0.2, 0.25) is 0 Å². The third-order valence-electron chi connectivity index (χ3n) is 2.28. The van der Waals surface area contributed by atoms with Gasteiger partial charge in [-0.25, -0.2) is 4.39 Å². The number of nitrogens with one attached hydrogen (secondary N) is 1. The summed E-state index contributed by atoms with van der Waals surface area (Å²) in [6, 6.07) is 15.1. The molecule has 0 bridgehead atoms. The zero-order chi connectivity index (χ0) is 11.4. The molecule has 0 heterocycles. The number of benzene rings is 2. The van der Waals surface area contributed by atoms with Gasteiger partial charge in [-0.15, -0.1) is 0 Å². The van der Waals surface area contributed by atoms with Crippen LogP contribution in [0.15, 0.2) is 48.5 Å². The Morgan fingerprint density at radius 1 is 1.00 bits per heavy atom. The minimum atomic E-state index is -0.182. The Hall–Kier alpha value is -1.10. The monoisotopic (exact) mass is 327 g/mol. The van der Waals surface area contributed by atoms with E-state index in [2.05, 4.69) is 5.32 Å². The molecule has 0 radical (unpaired) electrons. The van der Waals surface area contributed by atoms with Crippen molar-refractivity contribution >= 4 is 28.3 Å². The van der Waals surface area contributed by atoms with Crippen LogP contribution in [0.1, 0.15) is 5.56 Å². The van der Waals surface area contributed by atoms with Crippen molar-refractivity contribution in [2.45, 2.75) is 6.54 Å². The quantitative estimate of drug-likeness (QED) is 0.839. The molecule has 0 atom stereocenters. The highest BCUT2D eigenvalue weighted by Gasteiger charge is 2.03. The highest BCUT2D eigenvalue weighted by Crippen LogP contribution is 2.21. The summed E-state index contributed by atoms with van der Waals surface area (Å²) in [5.74, 6) is -0.182. The molecule has 2 aromatic rings. The summed E-state index contributed by atoms with van der Waals surface area (Å²) in [4.78, 5) is 0. The lowest BCUT2D eigenvalue weighted by Gasteiger charge is -2.08. The van der Waals surface area contributed by atoms with E-state index in [1.807, 2.05) is 59.0 Å². The van der Waals surface area contributed by atoms with Crippen LogP contribution >= 0.6 is 22.6 Å². The van der Waals surface area contributed by atoms with E-state index in [0.717, 1.165) is 5.69 Å². The second kappa shape index (κ2) is 5.30. The Morgan fingerprint density at radius 2 is 1.75 bits per heavy atom. The average Bonchev–Trinajstić information content (AvgIpc) is 2.32. The average molecular weight is 327 g/mol. The van der Waals surface area contributed by atoms with Gasteiger partial charge in [0.1, 0.15) is 5.82 Å². The van der Waals surface area contributed by atoms with Crippen molar-refractivity contribution in [2.75, 3.05) is 5.32 Å². The van der Waals surface area contributed by atoms with Crippen LogP contribution in [-0.4, -0.2) is 0 Å². The van der Waals surface area contributed by atoms with Crippen molar-refractivity contribution in [2.24, 2.45) is 0 Å². The molecule has 2 rings (SSSR count). The maximum atomic E-state index is 13.3. The van der Waals surface area contributed by atoms with Gasteiger partial charge in [0, 0.05) is 6.54 Å². The van der Waals surface area contributed by atoms with Gasteiger partial charge in [0.05, 0.1) is 9.26 Å². The molecular formula is C13H11FIN. The van der Waals surface area contributed by atoms with Gasteiger partial charge in [-0.2, -0.15) is 0 Å². The molecule has 0 fully saturated rings. The van der Waals surface area contributed by atoms with Gasteiger partial charge in [0.15, 0.2) is 0 Å². The fourth-order valence-electron chi connectivity index (χ4n) is 1.43. The van der Waals surface area contributed by atoms with Gasteiger partial charge in [-0.3, -0.25) is 0 Å². The summed E-state index contributed by atoms with van der Waals surface area (Å²) in [5.41, 5.74) is 2.02. The maximum Gasteiger partial charge on any atom is 0.138 e. The highest BCUT2D eigenvalue weighted by atomic mass is 127. The van der Waals surface area contributed by atoms with Crippen molar-refractivity contribution in [1.82, 2.24) is 0 Å². The minimum absolute atomic E-state index is 0.182. The Labute approximate surface area is 108 Å². The molecule has 0 aliphatic carbocycles. The van der Waals surface area contributed by atoms with Gasteiger partial charge in [0.25, 0.3) is 0 Å². The SMILES string of the molecule is Fc1cccc(NCc2ccccc2)c1I. The molecule has 0 unspecified atom stereocenters. The van der Waals surface area contributed by atoms with Crippen LogP contribution in [0.25, 0.3) is 0 Å². The normalized spacial score (nSPS) is 10.1. The van der Waals surface area contributed by atoms with Crippen molar-refractivity contribution in [1.29, 1.82) is 0 Å². The Balaban J connectivity index is 2.08. The Morgan fingerprint density at radius 3 is 2.50 bits per heavy atom. The van der Waals surface area contributed by atoms with Crippen molar-refractivity contribution in [3.8, 4) is 0 Å². The molecular weight excluding hydrogens is 316 g/mol. The molecule has 16 heavy (non-hydrogen) atoms. The van der Waals surface area contributed by atoms with Crippen LogP contribution in [0.4, 0.5) is 10.1 Å². The summed E-state index contributed by atoms with van der Waals surface area (Å²) in [6.45, 7) is 0.709. The molecule has 0 spiro atoms. The lowest BCUT2D eigenvalue weighted by molar-refractivity contribution is 0.621. The van der Waals surface area contributed by atoms with Crippen molar-refractivity contribution < 1.29 is 4.39 Å². The number of halogens is 2. The van der Waals surface area contributed by atoms with E-state index in [1.54, 1.807) is 6.07 Å². The third-order valence-corrected chi connectivity index (χ3v) is 3.37. The van der Waals surface area contributed by atoms with Gasteiger partial charge in [-0.1, -0.05) is 36.4 Å². The van der Waals surface area contributed by atoms with E-state index in [0.29, 0.717) is 10.1 Å². The second-order valence-electron chi connectivity index (χ2n) is 3.44. The lowest BCUT2D eigenvalue weighted by Crippen LogP contribution is -2.01. The number of hydrogen-bond acceptors (Lipinski definition) is 1. The van der Waals surface area contributed by atoms with Crippen LogP contribution in [0.3, 0.4) is 0 Å². The first-order chi connectivity index (χ1) is 7.77. The second-order valence-corrected chi connectivity index (χ2v) is 4.52. The first-order valence-corrected chi connectivity index (χ1v) is 6.07. The fraction of sp³-hybridized carbons (Fsp3) is 0.0769. The zero-order valence-electron chi connectivity index (χ0n) is 8.58. The molecule has 1 N–H and O–H groups in total. The van der Waals surface area contributed by atoms with E-state index >= 15 is 0 Å². The number of rotatable bonds is 3. The molecule has 2 aromatic carbocycles. The topological polar surface area (TPSA) is 12.0 Å². The maximum absolute atomic E-state index is 13.3. The predicted molar refractivity (Wildman–Crippen MR) is 72.9 cm³/mol. The summed E-state index contributed by atoms with van der Waals surface area (Å²) in [7, 11) is 0. The summed E-state index contributed by atoms with van der Waals surface area (Å²) < 4.78 is 13.9. The highest BCUT2D eigenvalue weighted by molar-refractivity contribution is 14.1. The Kier molecular flexibility index (Phi) is 3.77. The van der Waals surface area contributed by atoms with E-state index in [-0.39, 0.29) is 5.82 Å². The molecule has 3 heteroatoms. The van der Waals surface area contributed by atoms with E-state index in [9.17, 15) is 4.39 Å². The summed E-state index contributed by atoms with van der Waals surface area (Å²) >= 11 is 2.01. The van der Waals surface area contributed by atoms with Gasteiger partial charge in [0.2, 0.25) is 0 Å². The largest absolute Gasteiger partial charge is 0.380 e. The summed E-state index contributed by atoms with van der Waals surface area (Å²) in [6.07, 6.45) is 0.